The van der Waals surface area contributed by atoms with Gasteiger partial charge in [0.05, 0.1) is 11.5 Å². The van der Waals surface area contributed by atoms with E-state index >= 15 is 0 Å². The summed E-state index contributed by atoms with van der Waals surface area (Å²) in [7, 11) is 1.00. The smallest absolute Gasteiger partial charge is 0.481 e. The van der Waals surface area contributed by atoms with Crippen molar-refractivity contribution in [1.82, 2.24) is 0 Å². The SMILES string of the molecule is C.C=CCCCCCc1ccccc1.C=CCCCC[CH-]c1ccccc1.C=CCC[CH2-].C=Cc1ccccc1.CO.O=C(O)CS.O=C(O)CSCCCCCCCc1ccccc1.[CH3-].[CH3-].[Li+].[Li+].[Li+].[Li+]. The van der Waals surface area contributed by atoms with Crippen LogP contribution in [-0.4, -0.2) is 51.6 Å². The molecule has 378 valence electrons. The number of aliphatic hydroxyl groups is 1. The Labute approximate surface area is 495 Å². The maximum atomic E-state index is 10.3. The van der Waals surface area contributed by atoms with Crippen LogP contribution in [0.25, 0.3) is 6.08 Å². The quantitative estimate of drug-likeness (QED) is 0.0227. The molecule has 0 radical (unpaired) electrons. The Balaban J connectivity index is -0.0000000801. The van der Waals surface area contributed by atoms with Crippen molar-refractivity contribution in [1.29, 1.82) is 0 Å². The fourth-order valence-electron chi connectivity index (χ4n) is 5.33. The maximum Gasteiger partial charge on any atom is 1.00 e. The number of carboxylic acids is 2. The summed E-state index contributed by atoms with van der Waals surface area (Å²) in [6.45, 7) is 18.2. The third kappa shape index (κ3) is 76.8. The molecule has 5 nitrogen and oxygen atoms in total. The first-order chi connectivity index (χ1) is 31.3. The predicted molar refractivity (Wildman–Crippen MR) is 306 cm³/mol. The molecule has 0 spiro atoms. The predicted octanol–water partition coefficient (Wildman–Crippen LogP) is 5.24. The molecule has 0 bridgehead atoms. The number of aliphatic hydroxyl groups excluding tert-OH is 1. The molecule has 4 aromatic carbocycles. The summed E-state index contributed by atoms with van der Waals surface area (Å²) in [6, 6.07) is 41.8. The van der Waals surface area contributed by atoms with Crippen molar-refractivity contribution in [3.8, 4) is 0 Å². The van der Waals surface area contributed by atoms with E-state index in [9.17, 15) is 9.59 Å². The third-order valence-electron chi connectivity index (χ3n) is 8.66. The molecular formula is C60H92Li4O5S2. The molecule has 0 aromatic heterocycles. The molecule has 11 heteroatoms. The molecule has 0 aliphatic rings. The van der Waals surface area contributed by atoms with E-state index in [1.54, 1.807) is 0 Å². The van der Waals surface area contributed by atoms with Crippen molar-refractivity contribution in [2.24, 2.45) is 0 Å². The van der Waals surface area contributed by atoms with Crippen LogP contribution in [0.4, 0.5) is 0 Å². The molecule has 4 rings (SSSR count). The number of hydrogen-bond donors (Lipinski definition) is 4. The van der Waals surface area contributed by atoms with E-state index in [0.717, 1.165) is 45.0 Å². The van der Waals surface area contributed by atoms with Crippen LogP contribution in [0.15, 0.2) is 166 Å². The summed E-state index contributed by atoms with van der Waals surface area (Å²) < 4.78 is 0. The molecule has 0 atom stereocenters. The van der Waals surface area contributed by atoms with Gasteiger partial charge in [-0.1, -0.05) is 187 Å². The van der Waals surface area contributed by atoms with Gasteiger partial charge in [-0.05, 0) is 73.8 Å². The standard InChI is InChI=1S/C15H22O2S.C13H18.C13H17.C8H8.C5H9.C2H4O2S.CH4O.CH4.2CH3.4Li/c16-15(17)13-18-12-8-3-1-2-5-9-14-10-6-4-7-11-14;2*1-2-3-4-5-7-10-13-11-8-6-9-12-13;1-2-8-6-4-3-5-7-8;1-3-5-4-2;3-2(4)1-5;1-2;;;;;;;/h4,6-7,10-11H,1-3,5,8-9,12-13H2,(H,16,17);2,6,8-9,11-12H,1,3-5,7,10H2;2,6,8-12H,1,3-5,7H2;2-7H,1H2;3H,1-2,4-5H2;5H,1H2,(H,3,4);2H,1H3;1H4;2*1H3;;;;/q;;-1;;-1;;;;2*-1;4*+1. The number of aliphatic carboxylic acids is 2. The van der Waals surface area contributed by atoms with Gasteiger partial charge < -0.3 is 37.1 Å². The Morgan fingerprint density at radius 2 is 0.930 bits per heavy atom. The Kier molecular flexibility index (Phi) is 102. The van der Waals surface area contributed by atoms with E-state index in [4.69, 9.17) is 15.3 Å². The van der Waals surface area contributed by atoms with E-state index in [1.165, 1.54) is 111 Å². The zero-order valence-electron chi connectivity index (χ0n) is 45.1. The Bertz CT molecular complexity index is 1550. The number of allylic oxidation sites excluding steroid dienone is 3. The molecule has 0 heterocycles. The van der Waals surface area contributed by atoms with Gasteiger partial charge in [-0.3, -0.25) is 9.59 Å². The first-order valence-electron chi connectivity index (χ1n) is 22.6. The summed E-state index contributed by atoms with van der Waals surface area (Å²) >= 11 is 4.94. The molecular weight excluding hydrogens is 893 g/mol. The summed E-state index contributed by atoms with van der Waals surface area (Å²) in [5, 5.41) is 23.1. The Morgan fingerprint density at radius 3 is 1.28 bits per heavy atom. The average molecular weight is 985 g/mol. The fraction of sp³-hybridized carbons (Fsp3) is 0.367. The number of hydrogen-bond acceptors (Lipinski definition) is 5. The van der Waals surface area contributed by atoms with Gasteiger partial charge in [0, 0.05) is 7.11 Å². The van der Waals surface area contributed by atoms with Gasteiger partial charge in [-0.15, -0.1) is 31.9 Å². The van der Waals surface area contributed by atoms with E-state index in [2.05, 4.69) is 143 Å². The van der Waals surface area contributed by atoms with Crippen LogP contribution in [-0.2, 0) is 22.4 Å². The number of benzene rings is 4. The van der Waals surface area contributed by atoms with Crippen molar-refractivity contribution in [2.45, 2.75) is 117 Å². The summed E-state index contributed by atoms with van der Waals surface area (Å²) in [5.41, 5.74) is 5.39. The van der Waals surface area contributed by atoms with Crippen LogP contribution in [0, 0.1) is 28.2 Å². The fourth-order valence-corrected chi connectivity index (χ4v) is 6.06. The van der Waals surface area contributed by atoms with Crippen LogP contribution >= 0.6 is 24.4 Å². The van der Waals surface area contributed by atoms with Crippen LogP contribution in [0.1, 0.15) is 126 Å². The van der Waals surface area contributed by atoms with Crippen LogP contribution in [0.5, 0.6) is 0 Å². The van der Waals surface area contributed by atoms with Gasteiger partial charge in [0.2, 0.25) is 0 Å². The molecule has 0 amide bonds. The first-order valence-corrected chi connectivity index (χ1v) is 24.4. The molecule has 0 unspecified atom stereocenters. The number of carboxylic acid groups (broad SMARTS) is 2. The van der Waals surface area contributed by atoms with Gasteiger partial charge in [-0.25, -0.2) is 0 Å². The number of thiol groups is 1. The minimum atomic E-state index is -0.881. The van der Waals surface area contributed by atoms with Gasteiger partial charge in [0.15, 0.2) is 0 Å². The number of rotatable bonds is 26. The molecule has 0 fully saturated rings. The van der Waals surface area contributed by atoms with Crippen molar-refractivity contribution < 1.29 is 100 Å². The second-order valence-electron chi connectivity index (χ2n) is 14.1. The number of aryl methyl sites for hydroxylation is 2. The minimum Gasteiger partial charge on any atom is -0.481 e. The molecule has 0 saturated heterocycles. The van der Waals surface area contributed by atoms with E-state index in [-0.39, 0.29) is 109 Å². The van der Waals surface area contributed by atoms with Gasteiger partial charge >= 0.3 is 87.4 Å². The Morgan fingerprint density at radius 1 is 0.563 bits per heavy atom. The summed E-state index contributed by atoms with van der Waals surface area (Å²) in [6.07, 6.45) is 30.5. The van der Waals surface area contributed by atoms with E-state index < -0.39 is 11.9 Å². The molecule has 3 N–H and O–H groups in total. The summed E-state index contributed by atoms with van der Waals surface area (Å²) in [4.78, 5) is 19.6. The normalized spacial score (nSPS) is 8.28. The second-order valence-corrected chi connectivity index (χ2v) is 15.5. The van der Waals surface area contributed by atoms with E-state index in [0.29, 0.717) is 0 Å². The molecule has 0 aliphatic heterocycles. The topological polar surface area (TPSA) is 94.8 Å². The minimum absolute atomic E-state index is 0. The largest absolute Gasteiger partial charge is 1.00 e. The molecule has 0 aliphatic carbocycles. The zero-order chi connectivity index (χ0) is 48.0. The Hall–Kier alpha value is -2.30. The van der Waals surface area contributed by atoms with Crippen molar-refractivity contribution in [3.05, 3.63) is 216 Å². The molecule has 71 heavy (non-hydrogen) atoms. The van der Waals surface area contributed by atoms with Crippen molar-refractivity contribution in [3.63, 3.8) is 0 Å². The van der Waals surface area contributed by atoms with Gasteiger partial charge in [0.1, 0.15) is 0 Å². The summed E-state index contributed by atoms with van der Waals surface area (Å²) in [5.74, 6) is -0.449. The average Bonchev–Trinajstić information content (AvgIpc) is 3.34. The first kappa shape index (κ1) is 91.4. The van der Waals surface area contributed by atoms with Gasteiger partial charge in [0.25, 0.3) is 0 Å². The van der Waals surface area contributed by atoms with Crippen LogP contribution in [0.2, 0.25) is 0 Å². The molecule has 4 aromatic rings. The zero-order valence-corrected chi connectivity index (χ0v) is 46.8. The van der Waals surface area contributed by atoms with Crippen LogP contribution in [0.3, 0.4) is 0 Å². The van der Waals surface area contributed by atoms with Crippen LogP contribution < -0.4 is 75.4 Å². The second kappa shape index (κ2) is 79.1. The number of thioether (sulfide) groups is 1. The van der Waals surface area contributed by atoms with Gasteiger partial charge in [-0.2, -0.15) is 54.9 Å². The number of unbranched alkanes of at least 4 members (excludes halogenated alkanes) is 11. The van der Waals surface area contributed by atoms with E-state index in [1.807, 2.05) is 54.6 Å². The number of carbonyl (C=O) groups is 2. The maximum absolute atomic E-state index is 10.3. The van der Waals surface area contributed by atoms with Crippen molar-refractivity contribution in [2.75, 3.05) is 24.4 Å². The third-order valence-corrected chi connectivity index (χ3v) is 9.96. The monoisotopic (exact) mass is 985 g/mol. The molecule has 0 saturated carbocycles. The van der Waals surface area contributed by atoms with Crippen molar-refractivity contribution >= 4 is 42.4 Å².